The molecule has 1 aromatic carbocycles. The lowest BCUT2D eigenvalue weighted by atomic mass is 10.0. The first kappa shape index (κ1) is 12.0. The molecule has 0 atom stereocenters. The maximum atomic E-state index is 10.9. The van der Waals surface area contributed by atoms with Crippen LogP contribution >= 0.6 is 15.9 Å². The molecule has 0 unspecified atom stereocenters. The highest BCUT2D eigenvalue weighted by atomic mass is 79.9. The van der Waals surface area contributed by atoms with Crippen LogP contribution in [0.4, 0.5) is 5.69 Å². The van der Waals surface area contributed by atoms with Crippen LogP contribution in [0.3, 0.4) is 0 Å². The number of rotatable bonds is 2. The Labute approximate surface area is 96.5 Å². The molecular weight excluding hydrogens is 262 g/mol. The Hall–Kier alpha value is -1.10. The lowest BCUT2D eigenvalue weighted by molar-refractivity contribution is -0.386. The molecule has 0 aromatic heterocycles. The maximum Gasteiger partial charge on any atom is 0.290 e. The highest BCUT2D eigenvalue weighted by molar-refractivity contribution is 9.10. The van der Waals surface area contributed by atoms with E-state index in [-0.39, 0.29) is 5.69 Å². The number of nitrogens with zero attached hydrogens (tertiary/aromatic N) is 1. The fourth-order valence-corrected chi connectivity index (χ4v) is 2.33. The lowest BCUT2D eigenvalue weighted by Gasteiger charge is -2.13. The van der Waals surface area contributed by atoms with Crippen molar-refractivity contribution in [3.8, 4) is 5.75 Å². The summed E-state index contributed by atoms with van der Waals surface area (Å²) >= 11 is 3.25. The van der Waals surface area contributed by atoms with Crippen molar-refractivity contribution in [2.24, 2.45) is 0 Å². The molecule has 15 heavy (non-hydrogen) atoms. The minimum atomic E-state index is -0.394. The van der Waals surface area contributed by atoms with Gasteiger partial charge in [0.1, 0.15) is 5.75 Å². The van der Waals surface area contributed by atoms with Crippen LogP contribution < -0.4 is 4.74 Å². The minimum Gasteiger partial charge on any atom is -0.496 e. The molecule has 0 radical (unpaired) electrons. The monoisotopic (exact) mass is 273 g/mol. The van der Waals surface area contributed by atoms with Gasteiger partial charge in [-0.3, -0.25) is 10.1 Å². The molecule has 0 amide bonds. The van der Waals surface area contributed by atoms with E-state index in [9.17, 15) is 10.1 Å². The number of halogens is 1. The smallest absolute Gasteiger partial charge is 0.290 e. The Kier molecular flexibility index (Phi) is 3.34. The number of benzene rings is 1. The molecule has 0 aliphatic rings. The van der Waals surface area contributed by atoms with Crippen molar-refractivity contribution in [2.45, 2.75) is 20.8 Å². The van der Waals surface area contributed by atoms with Gasteiger partial charge < -0.3 is 4.74 Å². The highest BCUT2D eigenvalue weighted by Gasteiger charge is 2.24. The van der Waals surface area contributed by atoms with Crippen molar-refractivity contribution in [3.63, 3.8) is 0 Å². The summed E-state index contributed by atoms with van der Waals surface area (Å²) in [6.07, 6.45) is 0. The van der Waals surface area contributed by atoms with Gasteiger partial charge in [0.15, 0.2) is 0 Å². The van der Waals surface area contributed by atoms with Gasteiger partial charge in [-0.1, -0.05) is 0 Å². The van der Waals surface area contributed by atoms with Crippen molar-refractivity contribution < 1.29 is 9.66 Å². The predicted molar refractivity (Wildman–Crippen MR) is 61.6 cm³/mol. The standard InChI is InChI=1S/C10H12BrNO3/c1-5-6(2)10(15-4)7(3)9(8(5)11)12(13)14/h1-4H3. The number of hydrogen-bond donors (Lipinski definition) is 0. The number of methoxy groups -OCH3 is 1. The first-order chi connectivity index (χ1) is 6.91. The third-order valence-corrected chi connectivity index (χ3v) is 3.49. The van der Waals surface area contributed by atoms with Crippen LogP contribution in [0.2, 0.25) is 0 Å². The first-order valence-corrected chi connectivity index (χ1v) is 5.18. The molecule has 0 aliphatic heterocycles. The number of nitro groups is 1. The largest absolute Gasteiger partial charge is 0.496 e. The minimum absolute atomic E-state index is 0.0787. The van der Waals surface area contributed by atoms with Crippen molar-refractivity contribution in [1.29, 1.82) is 0 Å². The van der Waals surface area contributed by atoms with E-state index in [1.807, 2.05) is 13.8 Å². The normalized spacial score (nSPS) is 10.2. The zero-order valence-electron chi connectivity index (χ0n) is 9.05. The molecular formula is C10H12BrNO3. The van der Waals surface area contributed by atoms with Crippen LogP contribution in [0.5, 0.6) is 5.75 Å². The Bertz CT molecular complexity index is 429. The van der Waals surface area contributed by atoms with Crippen LogP contribution in [-0.2, 0) is 0 Å². The Morgan fingerprint density at radius 2 is 1.73 bits per heavy atom. The van der Waals surface area contributed by atoms with E-state index in [1.54, 1.807) is 6.92 Å². The van der Waals surface area contributed by atoms with Crippen molar-refractivity contribution in [3.05, 3.63) is 31.3 Å². The van der Waals surface area contributed by atoms with E-state index in [1.165, 1.54) is 7.11 Å². The van der Waals surface area contributed by atoms with Gasteiger partial charge in [0.2, 0.25) is 0 Å². The number of hydrogen-bond acceptors (Lipinski definition) is 3. The molecule has 5 heteroatoms. The molecule has 0 heterocycles. The van der Waals surface area contributed by atoms with Crippen LogP contribution in [0.15, 0.2) is 4.47 Å². The van der Waals surface area contributed by atoms with Gasteiger partial charge in [-0.15, -0.1) is 0 Å². The van der Waals surface area contributed by atoms with E-state index in [0.717, 1.165) is 11.1 Å². The molecule has 0 saturated carbocycles. The van der Waals surface area contributed by atoms with Gasteiger partial charge in [-0.05, 0) is 47.8 Å². The van der Waals surface area contributed by atoms with Gasteiger partial charge in [0, 0.05) is 0 Å². The van der Waals surface area contributed by atoms with E-state index in [2.05, 4.69) is 15.9 Å². The molecule has 0 spiro atoms. The summed E-state index contributed by atoms with van der Waals surface area (Å²) in [5, 5.41) is 10.9. The Morgan fingerprint density at radius 1 is 1.20 bits per heavy atom. The molecule has 82 valence electrons. The fraction of sp³-hybridized carbons (Fsp3) is 0.400. The second kappa shape index (κ2) is 4.18. The van der Waals surface area contributed by atoms with E-state index in [4.69, 9.17) is 4.74 Å². The molecule has 0 N–H and O–H groups in total. The first-order valence-electron chi connectivity index (χ1n) is 4.39. The highest BCUT2D eigenvalue weighted by Crippen LogP contribution is 2.40. The molecule has 4 nitrogen and oxygen atoms in total. The molecule has 0 fully saturated rings. The van der Waals surface area contributed by atoms with E-state index in [0.29, 0.717) is 15.8 Å². The van der Waals surface area contributed by atoms with Gasteiger partial charge >= 0.3 is 0 Å². The van der Waals surface area contributed by atoms with Crippen LogP contribution in [0.1, 0.15) is 16.7 Å². The van der Waals surface area contributed by atoms with Crippen LogP contribution in [-0.4, -0.2) is 12.0 Å². The summed E-state index contributed by atoms with van der Waals surface area (Å²) in [4.78, 5) is 10.5. The summed E-state index contributed by atoms with van der Waals surface area (Å²) in [6.45, 7) is 5.40. The SMILES string of the molecule is COc1c(C)c(C)c(Br)c([N+](=O)[O-])c1C. The van der Waals surface area contributed by atoms with E-state index < -0.39 is 4.92 Å². The second-order valence-corrected chi connectivity index (χ2v) is 4.12. The summed E-state index contributed by atoms with van der Waals surface area (Å²) in [6, 6.07) is 0. The molecule has 1 rings (SSSR count). The summed E-state index contributed by atoms with van der Waals surface area (Å²) < 4.78 is 5.71. The van der Waals surface area contributed by atoms with Crippen molar-refractivity contribution in [2.75, 3.05) is 7.11 Å². The lowest BCUT2D eigenvalue weighted by Crippen LogP contribution is -2.01. The maximum absolute atomic E-state index is 10.9. The molecule has 0 saturated heterocycles. The quantitative estimate of drug-likeness (QED) is 0.614. The van der Waals surface area contributed by atoms with Gasteiger partial charge in [0.25, 0.3) is 5.69 Å². The summed E-state index contributed by atoms with van der Waals surface area (Å²) in [7, 11) is 1.52. The average Bonchev–Trinajstić information content (AvgIpc) is 2.15. The third-order valence-electron chi connectivity index (χ3n) is 2.52. The summed E-state index contributed by atoms with van der Waals surface area (Å²) in [5.41, 5.74) is 2.39. The van der Waals surface area contributed by atoms with Crippen LogP contribution in [0, 0.1) is 30.9 Å². The fourth-order valence-electron chi connectivity index (χ4n) is 1.59. The van der Waals surface area contributed by atoms with Gasteiger partial charge in [0.05, 0.1) is 22.1 Å². The predicted octanol–water partition coefficient (Wildman–Crippen LogP) is 3.29. The Balaban J connectivity index is 3.68. The Morgan fingerprint density at radius 3 is 2.13 bits per heavy atom. The third kappa shape index (κ3) is 1.84. The topological polar surface area (TPSA) is 52.4 Å². The van der Waals surface area contributed by atoms with E-state index >= 15 is 0 Å². The van der Waals surface area contributed by atoms with Crippen molar-refractivity contribution >= 4 is 21.6 Å². The van der Waals surface area contributed by atoms with Gasteiger partial charge in [-0.25, -0.2) is 0 Å². The molecule has 0 aliphatic carbocycles. The molecule has 0 bridgehead atoms. The zero-order valence-corrected chi connectivity index (χ0v) is 10.6. The van der Waals surface area contributed by atoms with Gasteiger partial charge in [-0.2, -0.15) is 0 Å². The summed E-state index contributed by atoms with van der Waals surface area (Å²) in [5.74, 6) is 0.586. The molecule has 1 aromatic rings. The second-order valence-electron chi connectivity index (χ2n) is 3.33. The van der Waals surface area contributed by atoms with Crippen LogP contribution in [0.25, 0.3) is 0 Å². The number of ether oxygens (including phenoxy) is 1. The average molecular weight is 274 g/mol. The number of nitro benzene ring substituents is 1. The zero-order chi connectivity index (χ0) is 11.7. The van der Waals surface area contributed by atoms with Crippen molar-refractivity contribution in [1.82, 2.24) is 0 Å².